The molecule has 0 aliphatic carbocycles. The van der Waals surface area contributed by atoms with Crippen molar-refractivity contribution in [2.24, 2.45) is 0 Å². The van der Waals surface area contributed by atoms with Crippen LogP contribution in [-0.2, 0) is 12.6 Å². The van der Waals surface area contributed by atoms with E-state index in [0.29, 0.717) is 6.42 Å². The van der Waals surface area contributed by atoms with Crippen LogP contribution in [0.1, 0.15) is 18.1 Å². The van der Waals surface area contributed by atoms with E-state index >= 15 is 0 Å². The zero-order chi connectivity index (χ0) is 15.5. The van der Waals surface area contributed by atoms with Gasteiger partial charge in [0, 0.05) is 11.7 Å². The summed E-state index contributed by atoms with van der Waals surface area (Å²) in [5.41, 5.74) is 0.233. The fourth-order valence-electron chi connectivity index (χ4n) is 2.15. The van der Waals surface area contributed by atoms with Crippen molar-refractivity contribution in [1.82, 2.24) is 0 Å². The highest BCUT2D eigenvalue weighted by Gasteiger charge is 2.33. The van der Waals surface area contributed by atoms with Gasteiger partial charge in [0.15, 0.2) is 0 Å². The number of alkyl halides is 3. The van der Waals surface area contributed by atoms with Crippen molar-refractivity contribution in [2.75, 3.05) is 5.32 Å². The van der Waals surface area contributed by atoms with Gasteiger partial charge in [-0.2, -0.15) is 13.2 Å². The Balaban J connectivity index is 2.09. The summed E-state index contributed by atoms with van der Waals surface area (Å²) in [5, 5.41) is 2.87. The number of halogens is 4. The molecule has 1 nitrogen and oxygen atoms in total. The van der Waals surface area contributed by atoms with E-state index in [1.54, 1.807) is 25.1 Å². The number of rotatable bonds is 4. The Bertz CT molecular complexity index is 590. The first-order chi connectivity index (χ1) is 9.86. The molecule has 0 saturated carbocycles. The fraction of sp³-hybridized carbons (Fsp3) is 0.250. The largest absolute Gasteiger partial charge is 0.418 e. The van der Waals surface area contributed by atoms with Gasteiger partial charge in [-0.25, -0.2) is 4.39 Å². The molecule has 0 heterocycles. The van der Waals surface area contributed by atoms with E-state index in [1.165, 1.54) is 24.3 Å². The fourth-order valence-corrected chi connectivity index (χ4v) is 2.15. The Kier molecular flexibility index (Phi) is 4.50. The number of anilines is 1. The highest BCUT2D eigenvalue weighted by molar-refractivity contribution is 5.53. The van der Waals surface area contributed by atoms with Crippen LogP contribution in [0.3, 0.4) is 0 Å². The minimum atomic E-state index is -4.39. The number of hydrogen-bond donors (Lipinski definition) is 1. The predicted octanol–water partition coefficient (Wildman–Crippen LogP) is 4.89. The van der Waals surface area contributed by atoms with Gasteiger partial charge in [-0.15, -0.1) is 0 Å². The first kappa shape index (κ1) is 15.4. The first-order valence-electron chi connectivity index (χ1n) is 6.53. The van der Waals surface area contributed by atoms with Gasteiger partial charge in [0.2, 0.25) is 0 Å². The van der Waals surface area contributed by atoms with Crippen molar-refractivity contribution in [3.63, 3.8) is 0 Å². The van der Waals surface area contributed by atoms with Crippen molar-refractivity contribution in [1.29, 1.82) is 0 Å². The van der Waals surface area contributed by atoms with Crippen LogP contribution >= 0.6 is 0 Å². The number of hydrogen-bond acceptors (Lipinski definition) is 1. The van der Waals surface area contributed by atoms with Gasteiger partial charge in [0.05, 0.1) is 5.56 Å². The molecule has 21 heavy (non-hydrogen) atoms. The maximum atomic E-state index is 12.9. The van der Waals surface area contributed by atoms with Crippen LogP contribution in [0.2, 0.25) is 0 Å². The second-order valence-corrected chi connectivity index (χ2v) is 4.92. The van der Waals surface area contributed by atoms with Crippen molar-refractivity contribution in [2.45, 2.75) is 25.6 Å². The topological polar surface area (TPSA) is 12.0 Å². The Morgan fingerprint density at radius 3 is 2.24 bits per heavy atom. The number of para-hydroxylation sites is 1. The number of benzene rings is 2. The quantitative estimate of drug-likeness (QED) is 0.792. The highest BCUT2D eigenvalue weighted by atomic mass is 19.4. The molecule has 1 atom stereocenters. The highest BCUT2D eigenvalue weighted by Crippen LogP contribution is 2.34. The zero-order valence-corrected chi connectivity index (χ0v) is 11.4. The molecule has 0 amide bonds. The van der Waals surface area contributed by atoms with E-state index in [1.807, 2.05) is 0 Å². The summed E-state index contributed by atoms with van der Waals surface area (Å²) in [6, 6.07) is 11.1. The summed E-state index contributed by atoms with van der Waals surface area (Å²) in [6.45, 7) is 1.79. The van der Waals surface area contributed by atoms with Crippen LogP contribution in [0.15, 0.2) is 48.5 Å². The van der Waals surface area contributed by atoms with Crippen LogP contribution < -0.4 is 5.32 Å². The molecule has 0 spiro atoms. The van der Waals surface area contributed by atoms with Crippen molar-refractivity contribution >= 4 is 5.69 Å². The lowest BCUT2D eigenvalue weighted by Crippen LogP contribution is -2.20. The standard InChI is InChI=1S/C16H15F4N/c1-11(10-12-6-8-13(17)9-7-12)21-15-5-3-2-4-14(15)16(18,19)20/h2-9,11,21H,10H2,1H3. The van der Waals surface area contributed by atoms with Crippen LogP contribution in [0.5, 0.6) is 0 Å². The van der Waals surface area contributed by atoms with E-state index in [9.17, 15) is 17.6 Å². The molecular formula is C16H15F4N. The lowest BCUT2D eigenvalue weighted by Gasteiger charge is -2.19. The molecule has 1 unspecified atom stereocenters. The van der Waals surface area contributed by atoms with E-state index < -0.39 is 11.7 Å². The van der Waals surface area contributed by atoms with E-state index in [0.717, 1.165) is 11.6 Å². The zero-order valence-electron chi connectivity index (χ0n) is 11.4. The van der Waals surface area contributed by atoms with Crippen molar-refractivity contribution < 1.29 is 17.6 Å². The second-order valence-electron chi connectivity index (χ2n) is 4.92. The minimum absolute atomic E-state index is 0.0552. The molecule has 5 heteroatoms. The second kappa shape index (κ2) is 6.16. The molecule has 0 aliphatic rings. The third-order valence-electron chi connectivity index (χ3n) is 3.09. The molecule has 112 valence electrons. The molecule has 1 N–H and O–H groups in total. The maximum Gasteiger partial charge on any atom is 0.418 e. The summed E-state index contributed by atoms with van der Waals surface area (Å²) in [4.78, 5) is 0. The molecule has 0 fully saturated rings. The minimum Gasteiger partial charge on any atom is -0.382 e. The summed E-state index contributed by atoms with van der Waals surface area (Å²) < 4.78 is 51.5. The molecule has 0 bridgehead atoms. The Morgan fingerprint density at radius 1 is 1.00 bits per heavy atom. The normalized spacial score (nSPS) is 13.0. The molecule has 2 aromatic rings. The molecule has 0 radical (unpaired) electrons. The SMILES string of the molecule is CC(Cc1ccc(F)cc1)Nc1ccccc1C(F)(F)F. The van der Waals surface area contributed by atoms with Gasteiger partial charge in [-0.05, 0) is 43.2 Å². The van der Waals surface area contributed by atoms with Crippen molar-refractivity contribution in [3.8, 4) is 0 Å². The average molecular weight is 297 g/mol. The number of nitrogens with one attached hydrogen (secondary N) is 1. The van der Waals surface area contributed by atoms with E-state index in [4.69, 9.17) is 0 Å². The Hall–Kier alpha value is -2.04. The monoisotopic (exact) mass is 297 g/mol. The molecule has 2 aromatic carbocycles. The molecule has 0 aliphatic heterocycles. The summed E-state index contributed by atoms with van der Waals surface area (Å²) in [6.07, 6.45) is -3.88. The van der Waals surface area contributed by atoms with Gasteiger partial charge in [-0.1, -0.05) is 24.3 Å². The van der Waals surface area contributed by atoms with Crippen LogP contribution in [-0.4, -0.2) is 6.04 Å². The lowest BCUT2D eigenvalue weighted by molar-refractivity contribution is -0.137. The molecule has 0 aromatic heterocycles. The lowest BCUT2D eigenvalue weighted by atomic mass is 10.1. The Morgan fingerprint density at radius 2 is 1.62 bits per heavy atom. The Labute approximate surface area is 120 Å². The predicted molar refractivity (Wildman–Crippen MR) is 74.6 cm³/mol. The molecule has 0 saturated heterocycles. The van der Waals surface area contributed by atoms with Gasteiger partial charge >= 0.3 is 6.18 Å². The molecular weight excluding hydrogens is 282 g/mol. The maximum absolute atomic E-state index is 12.9. The van der Waals surface area contributed by atoms with Gasteiger partial charge in [-0.3, -0.25) is 0 Å². The van der Waals surface area contributed by atoms with Crippen LogP contribution in [0, 0.1) is 5.82 Å². The van der Waals surface area contributed by atoms with Gasteiger partial charge < -0.3 is 5.32 Å². The van der Waals surface area contributed by atoms with Crippen LogP contribution in [0.25, 0.3) is 0 Å². The molecule has 2 rings (SSSR count). The average Bonchev–Trinajstić information content (AvgIpc) is 2.41. The third kappa shape index (κ3) is 4.21. The van der Waals surface area contributed by atoms with Crippen LogP contribution in [0.4, 0.5) is 23.2 Å². The summed E-state index contributed by atoms with van der Waals surface area (Å²) >= 11 is 0. The van der Waals surface area contributed by atoms with E-state index in [-0.39, 0.29) is 17.5 Å². The first-order valence-corrected chi connectivity index (χ1v) is 6.53. The van der Waals surface area contributed by atoms with Crippen molar-refractivity contribution in [3.05, 3.63) is 65.5 Å². The van der Waals surface area contributed by atoms with Gasteiger partial charge in [0.25, 0.3) is 0 Å². The smallest absolute Gasteiger partial charge is 0.382 e. The summed E-state index contributed by atoms with van der Waals surface area (Å²) in [7, 11) is 0. The summed E-state index contributed by atoms with van der Waals surface area (Å²) in [5.74, 6) is -0.332. The van der Waals surface area contributed by atoms with Gasteiger partial charge in [0.1, 0.15) is 5.82 Å². The van der Waals surface area contributed by atoms with E-state index in [2.05, 4.69) is 5.32 Å². The third-order valence-corrected chi connectivity index (χ3v) is 3.09.